The van der Waals surface area contributed by atoms with Crippen molar-refractivity contribution < 1.29 is 14.5 Å². The largest absolute Gasteiger partial charge is 0.326 e. The van der Waals surface area contributed by atoms with Gasteiger partial charge in [-0.1, -0.05) is 23.9 Å². The number of aliphatic imine (C=N–C) groups is 1. The summed E-state index contributed by atoms with van der Waals surface area (Å²) < 4.78 is 0. The highest BCUT2D eigenvalue weighted by molar-refractivity contribution is 8.15. The van der Waals surface area contributed by atoms with Crippen molar-refractivity contribution in [3.8, 4) is 0 Å². The number of nitrogens with one attached hydrogen (secondary N) is 1. The number of amides is 2. The van der Waals surface area contributed by atoms with E-state index in [2.05, 4.69) is 10.3 Å². The molecule has 0 saturated carbocycles. The van der Waals surface area contributed by atoms with Gasteiger partial charge in [-0.15, -0.1) is 0 Å². The monoisotopic (exact) mass is 426 g/mol. The summed E-state index contributed by atoms with van der Waals surface area (Å²) in [6, 6.07) is 11.7. The van der Waals surface area contributed by atoms with Crippen molar-refractivity contribution in [2.45, 2.75) is 32.4 Å². The molecule has 1 saturated heterocycles. The van der Waals surface area contributed by atoms with Crippen LogP contribution in [0.1, 0.15) is 24.5 Å². The van der Waals surface area contributed by atoms with Crippen molar-refractivity contribution in [1.82, 2.24) is 4.90 Å². The Morgan fingerprint density at radius 2 is 1.93 bits per heavy atom. The zero-order chi connectivity index (χ0) is 21.8. The Morgan fingerprint density at radius 3 is 2.57 bits per heavy atom. The zero-order valence-electron chi connectivity index (χ0n) is 16.9. The summed E-state index contributed by atoms with van der Waals surface area (Å²) in [5, 5.41) is 13.7. The average Bonchev–Trinajstić information content (AvgIpc) is 2.95. The molecule has 0 radical (unpaired) electrons. The molecule has 1 unspecified atom stereocenters. The maximum absolute atomic E-state index is 12.7. The molecule has 1 fully saturated rings. The van der Waals surface area contributed by atoms with Crippen LogP contribution in [-0.4, -0.2) is 38.6 Å². The molecule has 0 spiro atoms. The zero-order valence-corrected chi connectivity index (χ0v) is 17.7. The van der Waals surface area contributed by atoms with Gasteiger partial charge in [0.1, 0.15) is 5.25 Å². The number of nitrogens with zero attached hydrogens (tertiary/aromatic N) is 3. The molecule has 3 rings (SSSR count). The number of amidine groups is 1. The van der Waals surface area contributed by atoms with Crippen molar-refractivity contribution >= 4 is 45.8 Å². The molecule has 1 N–H and O–H groups in total. The van der Waals surface area contributed by atoms with E-state index in [1.807, 2.05) is 39.0 Å². The van der Waals surface area contributed by atoms with Crippen molar-refractivity contribution in [3.63, 3.8) is 0 Å². The molecule has 2 aromatic rings. The van der Waals surface area contributed by atoms with E-state index in [9.17, 15) is 19.7 Å². The highest BCUT2D eigenvalue weighted by Gasteiger charge is 2.38. The summed E-state index contributed by atoms with van der Waals surface area (Å²) in [6.45, 7) is 6.12. The fraction of sp³-hybridized carbons (Fsp3) is 0.286. The molecule has 156 valence electrons. The van der Waals surface area contributed by atoms with Crippen LogP contribution in [0.5, 0.6) is 0 Å². The molecule has 1 aliphatic rings. The summed E-state index contributed by atoms with van der Waals surface area (Å²) >= 11 is 1.20. The first-order valence-corrected chi connectivity index (χ1v) is 10.3. The number of rotatable bonds is 6. The Morgan fingerprint density at radius 1 is 1.23 bits per heavy atom. The standard InChI is InChI=1S/C21H22N4O4S/c1-4-24-20(27)18(12-19(26)22-16-9-13(2)8-14(3)10-16)30-21(24)23-15-6-5-7-17(11-15)25(28)29/h5-11,18H,4,12H2,1-3H3,(H,22,26). The lowest BCUT2D eigenvalue weighted by molar-refractivity contribution is -0.384. The van der Waals surface area contributed by atoms with Gasteiger partial charge in [0.15, 0.2) is 5.17 Å². The van der Waals surface area contributed by atoms with E-state index in [4.69, 9.17) is 0 Å². The Bertz CT molecular complexity index is 1020. The van der Waals surface area contributed by atoms with Gasteiger partial charge in [0.25, 0.3) is 5.69 Å². The number of thioether (sulfide) groups is 1. The van der Waals surface area contributed by atoms with Gasteiger partial charge in [0, 0.05) is 30.8 Å². The molecule has 1 atom stereocenters. The van der Waals surface area contributed by atoms with Gasteiger partial charge < -0.3 is 5.32 Å². The van der Waals surface area contributed by atoms with Gasteiger partial charge in [-0.3, -0.25) is 24.6 Å². The molecule has 2 aromatic carbocycles. The minimum atomic E-state index is -0.590. The predicted octanol–water partition coefficient (Wildman–Crippen LogP) is 4.19. The van der Waals surface area contributed by atoms with Gasteiger partial charge in [-0.05, 0) is 50.1 Å². The molecule has 1 aliphatic heterocycles. The first-order chi connectivity index (χ1) is 14.3. The number of non-ortho nitro benzene ring substituents is 1. The highest BCUT2D eigenvalue weighted by Crippen LogP contribution is 2.32. The summed E-state index contributed by atoms with van der Waals surface area (Å²) in [5.41, 5.74) is 3.10. The number of carbonyl (C=O) groups is 2. The first kappa shape index (κ1) is 21.5. The second-order valence-electron chi connectivity index (χ2n) is 6.99. The van der Waals surface area contributed by atoms with Gasteiger partial charge in [-0.2, -0.15) is 0 Å². The lowest BCUT2D eigenvalue weighted by Crippen LogP contribution is -2.33. The summed E-state index contributed by atoms with van der Waals surface area (Å²) in [4.78, 5) is 41.6. The number of benzene rings is 2. The van der Waals surface area contributed by atoms with Crippen LogP contribution in [0.25, 0.3) is 0 Å². The van der Waals surface area contributed by atoms with Crippen LogP contribution in [0.2, 0.25) is 0 Å². The number of hydrogen-bond donors (Lipinski definition) is 1. The number of anilines is 1. The number of nitro groups is 1. The molecule has 0 aliphatic carbocycles. The summed E-state index contributed by atoms with van der Waals surface area (Å²) in [5.74, 6) is -0.444. The van der Waals surface area contributed by atoms with Crippen molar-refractivity contribution in [2.24, 2.45) is 4.99 Å². The Kier molecular flexibility index (Phi) is 6.51. The van der Waals surface area contributed by atoms with E-state index < -0.39 is 10.2 Å². The van der Waals surface area contributed by atoms with Crippen LogP contribution in [-0.2, 0) is 9.59 Å². The minimum absolute atomic E-state index is 0.0148. The fourth-order valence-electron chi connectivity index (χ4n) is 3.23. The maximum atomic E-state index is 12.7. The van der Waals surface area contributed by atoms with E-state index in [-0.39, 0.29) is 23.9 Å². The third-order valence-corrected chi connectivity index (χ3v) is 5.65. The molecular weight excluding hydrogens is 404 g/mol. The number of aryl methyl sites for hydroxylation is 2. The number of carbonyl (C=O) groups excluding carboxylic acids is 2. The summed E-state index contributed by atoms with van der Waals surface area (Å²) in [7, 11) is 0. The minimum Gasteiger partial charge on any atom is -0.326 e. The Labute approximate surface area is 178 Å². The van der Waals surface area contributed by atoms with Crippen LogP contribution in [0.3, 0.4) is 0 Å². The smallest absolute Gasteiger partial charge is 0.271 e. The average molecular weight is 426 g/mol. The quantitative estimate of drug-likeness (QED) is 0.551. The predicted molar refractivity (Wildman–Crippen MR) is 118 cm³/mol. The van der Waals surface area contributed by atoms with Crippen molar-refractivity contribution in [1.29, 1.82) is 0 Å². The van der Waals surface area contributed by atoms with Crippen LogP contribution >= 0.6 is 11.8 Å². The van der Waals surface area contributed by atoms with Crippen molar-refractivity contribution in [2.75, 3.05) is 11.9 Å². The van der Waals surface area contributed by atoms with Crippen LogP contribution in [0, 0.1) is 24.0 Å². The van der Waals surface area contributed by atoms with E-state index in [0.29, 0.717) is 23.1 Å². The molecule has 2 amide bonds. The van der Waals surface area contributed by atoms with E-state index in [1.54, 1.807) is 12.1 Å². The number of hydrogen-bond acceptors (Lipinski definition) is 6. The molecule has 9 heteroatoms. The lowest BCUT2D eigenvalue weighted by Gasteiger charge is -2.13. The normalized spacial score (nSPS) is 17.4. The summed E-state index contributed by atoms with van der Waals surface area (Å²) in [6.07, 6.45) is 0.0148. The van der Waals surface area contributed by atoms with E-state index in [0.717, 1.165) is 11.1 Å². The molecule has 0 aromatic heterocycles. The van der Waals surface area contributed by atoms with E-state index >= 15 is 0 Å². The molecule has 0 bridgehead atoms. The fourth-order valence-corrected chi connectivity index (χ4v) is 4.45. The molecule has 30 heavy (non-hydrogen) atoms. The van der Waals surface area contributed by atoms with E-state index in [1.165, 1.54) is 28.8 Å². The van der Waals surface area contributed by atoms with Crippen LogP contribution in [0.15, 0.2) is 47.5 Å². The van der Waals surface area contributed by atoms with Gasteiger partial charge in [0.2, 0.25) is 11.8 Å². The topological polar surface area (TPSA) is 105 Å². The van der Waals surface area contributed by atoms with Gasteiger partial charge in [0.05, 0.1) is 10.6 Å². The van der Waals surface area contributed by atoms with Crippen LogP contribution < -0.4 is 5.32 Å². The SMILES string of the molecule is CCN1C(=O)C(CC(=O)Nc2cc(C)cc(C)c2)SC1=Nc1cccc([N+](=O)[O-])c1. The Hall–Kier alpha value is -3.20. The second-order valence-corrected chi connectivity index (χ2v) is 8.16. The van der Waals surface area contributed by atoms with Gasteiger partial charge in [-0.25, -0.2) is 4.99 Å². The number of nitro benzene ring substituents is 1. The maximum Gasteiger partial charge on any atom is 0.271 e. The second kappa shape index (κ2) is 9.08. The molecular formula is C21H22N4O4S. The van der Waals surface area contributed by atoms with Gasteiger partial charge >= 0.3 is 0 Å². The molecule has 1 heterocycles. The van der Waals surface area contributed by atoms with Crippen molar-refractivity contribution in [3.05, 3.63) is 63.7 Å². The highest BCUT2D eigenvalue weighted by atomic mass is 32.2. The Balaban J connectivity index is 1.74. The lowest BCUT2D eigenvalue weighted by atomic mass is 10.1. The molecule has 8 nitrogen and oxygen atoms in total. The van der Waals surface area contributed by atoms with Crippen LogP contribution in [0.4, 0.5) is 17.1 Å². The third-order valence-electron chi connectivity index (χ3n) is 4.48. The first-order valence-electron chi connectivity index (χ1n) is 9.46. The third kappa shape index (κ3) is 5.04.